The summed E-state index contributed by atoms with van der Waals surface area (Å²) < 4.78 is 39.8. The Labute approximate surface area is 390 Å². The fraction of sp³-hybridized carbons (Fsp3) is 0.216. The van der Waals surface area contributed by atoms with Crippen molar-refractivity contribution >= 4 is 71.4 Å². The summed E-state index contributed by atoms with van der Waals surface area (Å²) in [6.45, 7) is 2.12. The molecule has 3 atom stereocenters. The van der Waals surface area contributed by atoms with Gasteiger partial charge in [0.25, 0.3) is 11.1 Å². The molecule has 5 aromatic carbocycles. The number of carbonyl (C=O) groups is 1. The number of ether oxygens (including phenoxy) is 2. The number of aliphatic imine (C=N–C) groups is 1. The molecule has 0 radical (unpaired) electrons. The van der Waals surface area contributed by atoms with Gasteiger partial charge in [-0.15, -0.1) is 6.42 Å². The zero-order chi connectivity index (χ0) is 45.7. The van der Waals surface area contributed by atoms with Crippen LogP contribution in [0, 0.1) is 41.7 Å². The van der Waals surface area contributed by atoms with Gasteiger partial charge in [0, 0.05) is 50.6 Å². The predicted octanol–water partition coefficient (Wildman–Crippen LogP) is 10.1. The standard InChI is InChI=1S/C21H17FN2O2.C14H14BrNO2.C8H5BrN2O.C8H5F/c22-17-8-5-15(6-9-17)3-4-16-7-10-19-20(12-16)23-14-24(21(19)25)13-18-2-1-11-26-18;15-10-3-4-12-13(7-10)16-8-9(14(12)17)6-11-2-1-5-18-11;9-5-1-2-6-7(3-5)10-4-11-8(6)12;1-2-7-3-5-8(9)6-4-7/h5-10,12,14,18H,1-2,11,13H2;3-4,7-9,11H,1-2,5-6H2;1-4H,(H,10,11,12);1,3-6H. The minimum atomic E-state index is -0.287. The number of halogens is 4. The molecule has 10 nitrogen and oxygen atoms in total. The van der Waals surface area contributed by atoms with E-state index in [1.54, 1.807) is 65.6 Å². The van der Waals surface area contributed by atoms with Crippen molar-refractivity contribution in [1.82, 2.24) is 19.5 Å². The summed E-state index contributed by atoms with van der Waals surface area (Å²) in [6.07, 6.45) is 15.0. The van der Waals surface area contributed by atoms with Gasteiger partial charge < -0.3 is 14.5 Å². The summed E-state index contributed by atoms with van der Waals surface area (Å²) in [5.41, 5.74) is 4.82. The van der Waals surface area contributed by atoms with Gasteiger partial charge in [0.05, 0.1) is 64.8 Å². The van der Waals surface area contributed by atoms with Crippen LogP contribution in [-0.4, -0.2) is 56.9 Å². The summed E-state index contributed by atoms with van der Waals surface area (Å²) >= 11 is 6.70. The van der Waals surface area contributed by atoms with Crippen molar-refractivity contribution in [2.75, 3.05) is 13.2 Å². The number of aromatic nitrogens is 4. The molecule has 14 heteroatoms. The molecule has 328 valence electrons. The van der Waals surface area contributed by atoms with Gasteiger partial charge in [-0.1, -0.05) is 49.6 Å². The number of carbonyl (C=O) groups excluding carboxylic acids is 1. The Morgan fingerprint density at radius 1 is 0.723 bits per heavy atom. The van der Waals surface area contributed by atoms with Crippen molar-refractivity contribution < 1.29 is 23.0 Å². The van der Waals surface area contributed by atoms with E-state index in [1.165, 1.54) is 30.6 Å². The molecule has 10 rings (SSSR count). The third-order valence-corrected chi connectivity index (χ3v) is 11.5. The normalized spacial score (nSPS) is 17.0. The number of Topliss-reactive ketones (excluding diaryl/α,β-unsaturated/α-hetero) is 1. The molecule has 65 heavy (non-hydrogen) atoms. The highest BCUT2D eigenvalue weighted by atomic mass is 79.9. The van der Waals surface area contributed by atoms with E-state index < -0.39 is 0 Å². The van der Waals surface area contributed by atoms with Crippen LogP contribution in [0.1, 0.15) is 59.2 Å². The van der Waals surface area contributed by atoms with Gasteiger partial charge in [0.1, 0.15) is 11.6 Å². The maximum absolute atomic E-state index is 12.9. The summed E-state index contributed by atoms with van der Waals surface area (Å²) in [6, 6.07) is 28.2. The Morgan fingerprint density at radius 2 is 1.34 bits per heavy atom. The third-order valence-electron chi connectivity index (χ3n) is 10.6. The van der Waals surface area contributed by atoms with E-state index in [1.807, 2.05) is 30.3 Å². The molecule has 5 heterocycles. The Bertz CT molecular complexity index is 3050. The number of nitrogens with zero attached hydrogens (tertiary/aromatic N) is 4. The van der Waals surface area contributed by atoms with Crippen LogP contribution < -0.4 is 11.1 Å². The number of hydrogen-bond acceptors (Lipinski definition) is 8. The van der Waals surface area contributed by atoms with Gasteiger partial charge in [0.2, 0.25) is 0 Å². The molecular weight excluding hydrogens is 960 g/mol. The van der Waals surface area contributed by atoms with Gasteiger partial charge in [-0.25, -0.2) is 18.7 Å². The number of terminal acetylenes is 1. The van der Waals surface area contributed by atoms with Crippen molar-refractivity contribution in [3.63, 3.8) is 0 Å². The number of nitrogens with one attached hydrogen (secondary N) is 1. The first kappa shape index (κ1) is 46.6. The maximum Gasteiger partial charge on any atom is 0.261 e. The summed E-state index contributed by atoms with van der Waals surface area (Å²) in [4.78, 5) is 51.5. The Hall–Kier alpha value is -6.42. The topological polar surface area (TPSA) is 129 Å². The lowest BCUT2D eigenvalue weighted by atomic mass is 9.90. The van der Waals surface area contributed by atoms with Crippen LogP contribution in [0.3, 0.4) is 0 Å². The van der Waals surface area contributed by atoms with E-state index in [0.717, 1.165) is 76.6 Å². The second kappa shape index (κ2) is 22.5. The first-order valence-electron chi connectivity index (χ1n) is 20.8. The Kier molecular flexibility index (Phi) is 16.1. The Morgan fingerprint density at radius 3 is 2.03 bits per heavy atom. The molecule has 0 aliphatic carbocycles. The molecule has 3 unspecified atom stereocenters. The lowest BCUT2D eigenvalue weighted by Crippen LogP contribution is -2.26. The van der Waals surface area contributed by atoms with Gasteiger partial charge in [0.15, 0.2) is 5.78 Å². The van der Waals surface area contributed by atoms with Gasteiger partial charge in [-0.05, 0) is 135 Å². The smallest absolute Gasteiger partial charge is 0.261 e. The van der Waals surface area contributed by atoms with Crippen molar-refractivity contribution in [3.8, 4) is 24.2 Å². The molecule has 2 aromatic heterocycles. The minimum absolute atomic E-state index is 0.0662. The zero-order valence-electron chi connectivity index (χ0n) is 34.9. The van der Waals surface area contributed by atoms with Crippen LogP contribution in [0.15, 0.2) is 139 Å². The lowest BCUT2D eigenvalue weighted by Gasteiger charge is -2.20. The van der Waals surface area contributed by atoms with Gasteiger partial charge in [-0.3, -0.25) is 23.9 Å². The third kappa shape index (κ3) is 12.9. The van der Waals surface area contributed by atoms with E-state index in [4.69, 9.17) is 15.9 Å². The molecular formula is C51H41Br2F2N5O5. The van der Waals surface area contributed by atoms with Gasteiger partial charge in [-0.2, -0.15) is 0 Å². The van der Waals surface area contributed by atoms with Crippen LogP contribution in [0.5, 0.6) is 0 Å². The van der Waals surface area contributed by atoms with E-state index in [2.05, 4.69) is 69.6 Å². The SMILES string of the molecule is C#Cc1ccc(F)cc1.O=C1c2ccc(Br)cc2N=CC1CC1CCCO1.O=c1[nH]cnc2cc(Br)ccc12.O=c1c2ccc(C#Cc3ccc(F)cc3)cc2ncn1CC1CCCO1. The highest BCUT2D eigenvalue weighted by Gasteiger charge is 2.29. The first-order chi connectivity index (χ1) is 31.5. The summed E-state index contributed by atoms with van der Waals surface area (Å²) in [5.74, 6) is 7.90. The van der Waals surface area contributed by atoms with Gasteiger partial charge >= 0.3 is 0 Å². The van der Waals surface area contributed by atoms with Crippen LogP contribution in [0.2, 0.25) is 0 Å². The second-order valence-electron chi connectivity index (χ2n) is 15.2. The highest BCUT2D eigenvalue weighted by Crippen LogP contribution is 2.32. The zero-order valence-corrected chi connectivity index (χ0v) is 38.0. The highest BCUT2D eigenvalue weighted by molar-refractivity contribution is 9.10. The molecule has 7 aromatic rings. The molecule has 0 saturated carbocycles. The van der Waals surface area contributed by atoms with Crippen LogP contribution >= 0.6 is 31.9 Å². The van der Waals surface area contributed by atoms with Crippen molar-refractivity contribution in [2.45, 2.75) is 50.9 Å². The molecule has 2 saturated heterocycles. The fourth-order valence-electron chi connectivity index (χ4n) is 7.18. The summed E-state index contributed by atoms with van der Waals surface area (Å²) in [5, 5.41) is 1.18. The monoisotopic (exact) mass is 999 g/mol. The van der Waals surface area contributed by atoms with E-state index >= 15 is 0 Å². The number of fused-ring (bicyclic) bond motifs is 3. The van der Waals surface area contributed by atoms with E-state index in [0.29, 0.717) is 33.9 Å². The largest absolute Gasteiger partial charge is 0.378 e. The molecule has 0 bridgehead atoms. The lowest BCUT2D eigenvalue weighted by molar-refractivity contribution is 0.0800. The van der Waals surface area contributed by atoms with Crippen LogP contribution in [0.25, 0.3) is 21.8 Å². The maximum atomic E-state index is 12.9. The van der Waals surface area contributed by atoms with Crippen molar-refractivity contribution in [2.24, 2.45) is 10.9 Å². The number of aromatic amines is 1. The molecule has 0 amide bonds. The average Bonchev–Trinajstić information content (AvgIpc) is 4.04. The number of ketones is 1. The molecule has 0 spiro atoms. The van der Waals surface area contributed by atoms with E-state index in [9.17, 15) is 23.2 Å². The fourth-order valence-corrected chi connectivity index (χ4v) is 7.88. The Balaban J connectivity index is 0.000000140. The van der Waals surface area contributed by atoms with Crippen LogP contribution in [0.4, 0.5) is 14.5 Å². The van der Waals surface area contributed by atoms with E-state index in [-0.39, 0.29) is 46.7 Å². The number of benzene rings is 5. The summed E-state index contributed by atoms with van der Waals surface area (Å²) in [7, 11) is 0. The van der Waals surface area contributed by atoms with Crippen LogP contribution in [-0.2, 0) is 16.0 Å². The molecule has 2 fully saturated rings. The predicted molar refractivity (Wildman–Crippen MR) is 255 cm³/mol. The number of hydrogen-bond donors (Lipinski definition) is 1. The molecule has 1 N–H and O–H groups in total. The van der Waals surface area contributed by atoms with Crippen molar-refractivity contribution in [1.29, 1.82) is 0 Å². The first-order valence-corrected chi connectivity index (χ1v) is 22.3. The number of H-pyrrole nitrogens is 1. The average molecular weight is 1000 g/mol. The quantitative estimate of drug-likeness (QED) is 0.174. The second-order valence-corrected chi connectivity index (χ2v) is 17.0. The minimum Gasteiger partial charge on any atom is -0.378 e. The number of rotatable bonds is 4. The van der Waals surface area contributed by atoms with Crippen molar-refractivity contribution in [3.05, 3.63) is 179 Å². The molecule has 3 aliphatic heterocycles. The molecule has 3 aliphatic rings.